The van der Waals surface area contributed by atoms with Crippen LogP contribution < -0.4 is 14.2 Å². The fraction of sp³-hybridized carbons (Fsp3) is 0.577. The second-order valence-corrected chi connectivity index (χ2v) is 8.45. The zero-order chi connectivity index (χ0) is 24.2. The van der Waals surface area contributed by atoms with E-state index in [1.54, 1.807) is 11.1 Å². The van der Waals surface area contributed by atoms with E-state index in [0.717, 1.165) is 38.5 Å². The molecule has 184 valence electrons. The number of phenols is 1. The summed E-state index contributed by atoms with van der Waals surface area (Å²) in [5.74, 6) is 0.268. The van der Waals surface area contributed by atoms with E-state index in [2.05, 4.69) is 0 Å². The minimum Gasteiger partial charge on any atom is -0.504 e. The summed E-state index contributed by atoms with van der Waals surface area (Å²) in [6, 6.07) is 0. The molecule has 0 saturated heterocycles. The van der Waals surface area contributed by atoms with Gasteiger partial charge in [-0.1, -0.05) is 44.6 Å². The van der Waals surface area contributed by atoms with Crippen LogP contribution in [0.3, 0.4) is 0 Å². The smallest absolute Gasteiger partial charge is 0.341 e. The van der Waals surface area contributed by atoms with Gasteiger partial charge in [0.15, 0.2) is 11.5 Å². The second-order valence-electron chi connectivity index (χ2n) is 8.45. The van der Waals surface area contributed by atoms with E-state index in [-0.39, 0.29) is 29.6 Å². The molecule has 33 heavy (non-hydrogen) atoms. The molecular weight excluding hydrogens is 422 g/mol. The molecule has 0 spiro atoms. The molecule has 0 saturated carbocycles. The molecule has 2 N–H and O–H groups in total. The van der Waals surface area contributed by atoms with E-state index in [9.17, 15) is 9.90 Å². The van der Waals surface area contributed by atoms with Gasteiger partial charge >= 0.3 is 5.97 Å². The van der Waals surface area contributed by atoms with Gasteiger partial charge in [0.1, 0.15) is 0 Å². The molecule has 1 aromatic rings. The van der Waals surface area contributed by atoms with Crippen molar-refractivity contribution in [2.75, 3.05) is 27.9 Å². The Morgan fingerprint density at radius 3 is 2.15 bits per heavy atom. The summed E-state index contributed by atoms with van der Waals surface area (Å²) in [6.45, 7) is 2.11. The zero-order valence-corrected chi connectivity index (χ0v) is 20.5. The lowest BCUT2D eigenvalue weighted by Gasteiger charge is -2.21. The van der Waals surface area contributed by atoms with Gasteiger partial charge in [-0.05, 0) is 32.4 Å². The van der Waals surface area contributed by atoms with Gasteiger partial charge in [-0.25, -0.2) is 4.79 Å². The predicted molar refractivity (Wildman–Crippen MR) is 129 cm³/mol. The first-order chi connectivity index (χ1) is 15.9. The Hall–Kier alpha value is -2.67. The van der Waals surface area contributed by atoms with Crippen LogP contribution in [0, 0.1) is 6.92 Å². The standard InChI is InChI=1S/C26H39NO6/c1-19-21(15-11-9-7-5-6-8-10-12-17-28)22(29)24(31-3)25(32-4)23(19)33-26(30)20-14-13-16-27(2)18-20/h13,16,18,28-29H,5-12,14-15,17H2,1-4H3. The number of aromatic hydroxyl groups is 1. The highest BCUT2D eigenvalue weighted by Crippen LogP contribution is 2.49. The van der Waals surface area contributed by atoms with Gasteiger partial charge in [0, 0.05) is 37.4 Å². The van der Waals surface area contributed by atoms with E-state index in [0.29, 0.717) is 29.5 Å². The van der Waals surface area contributed by atoms with Crippen LogP contribution in [0.5, 0.6) is 23.0 Å². The number of hydrogen-bond donors (Lipinski definition) is 2. The summed E-state index contributed by atoms with van der Waals surface area (Å²) in [4.78, 5) is 14.6. The van der Waals surface area contributed by atoms with E-state index in [1.807, 2.05) is 26.2 Å². The first-order valence-electron chi connectivity index (χ1n) is 11.8. The van der Waals surface area contributed by atoms with Gasteiger partial charge in [0.2, 0.25) is 11.5 Å². The topological polar surface area (TPSA) is 88.5 Å². The summed E-state index contributed by atoms with van der Waals surface area (Å²) in [5, 5.41) is 19.7. The molecule has 1 aliphatic rings. The van der Waals surface area contributed by atoms with Crippen molar-refractivity contribution in [1.29, 1.82) is 0 Å². The van der Waals surface area contributed by atoms with Gasteiger partial charge in [0.25, 0.3) is 0 Å². The summed E-state index contributed by atoms with van der Waals surface area (Å²) in [7, 11) is 4.78. The van der Waals surface area contributed by atoms with Gasteiger partial charge in [-0.15, -0.1) is 0 Å². The van der Waals surface area contributed by atoms with Crippen molar-refractivity contribution in [2.45, 2.75) is 71.1 Å². The Balaban J connectivity index is 2.10. The van der Waals surface area contributed by atoms with Crippen LogP contribution in [0.2, 0.25) is 0 Å². The highest BCUT2D eigenvalue weighted by atomic mass is 16.6. The minimum absolute atomic E-state index is 0.0372. The van der Waals surface area contributed by atoms with E-state index in [1.165, 1.54) is 27.1 Å². The Morgan fingerprint density at radius 1 is 0.970 bits per heavy atom. The van der Waals surface area contributed by atoms with Crippen LogP contribution in [0.1, 0.15) is 68.9 Å². The second kappa shape index (κ2) is 13.8. The summed E-state index contributed by atoms with van der Waals surface area (Å²) in [5.41, 5.74) is 1.94. The molecule has 2 rings (SSSR count). The number of benzene rings is 1. The maximum atomic E-state index is 12.8. The largest absolute Gasteiger partial charge is 0.504 e. The lowest BCUT2D eigenvalue weighted by atomic mass is 9.98. The van der Waals surface area contributed by atoms with Crippen LogP contribution in [0.15, 0.2) is 24.0 Å². The number of methoxy groups -OCH3 is 2. The van der Waals surface area contributed by atoms with Crippen molar-refractivity contribution >= 4 is 5.97 Å². The molecule has 1 heterocycles. The van der Waals surface area contributed by atoms with E-state index in [4.69, 9.17) is 19.3 Å². The quantitative estimate of drug-likeness (QED) is 0.229. The normalized spacial score (nSPS) is 13.1. The fourth-order valence-corrected chi connectivity index (χ4v) is 4.09. The third kappa shape index (κ3) is 7.42. The Bertz CT molecular complexity index is 846. The molecule has 0 atom stereocenters. The Labute approximate surface area is 197 Å². The van der Waals surface area contributed by atoms with Gasteiger partial charge in [-0.2, -0.15) is 0 Å². The maximum Gasteiger partial charge on any atom is 0.341 e. The van der Waals surface area contributed by atoms with Crippen LogP contribution in [-0.4, -0.2) is 49.0 Å². The fourth-order valence-electron chi connectivity index (χ4n) is 4.09. The van der Waals surface area contributed by atoms with Crippen molar-refractivity contribution in [1.82, 2.24) is 4.90 Å². The monoisotopic (exact) mass is 461 g/mol. The molecule has 0 bridgehead atoms. The first kappa shape index (κ1) is 26.6. The predicted octanol–water partition coefficient (Wildman–Crippen LogP) is 5.01. The van der Waals surface area contributed by atoms with Crippen LogP contribution in [-0.2, 0) is 11.2 Å². The number of unbranched alkanes of at least 4 members (excludes halogenated alkanes) is 7. The highest BCUT2D eigenvalue weighted by molar-refractivity contribution is 5.91. The lowest BCUT2D eigenvalue weighted by molar-refractivity contribution is -0.130. The number of carbonyl (C=O) groups excluding carboxylic acids is 1. The number of esters is 1. The van der Waals surface area contributed by atoms with E-state index >= 15 is 0 Å². The van der Waals surface area contributed by atoms with Crippen molar-refractivity contribution in [2.24, 2.45) is 0 Å². The number of phenolic OH excluding ortho intramolecular Hbond substituents is 1. The van der Waals surface area contributed by atoms with Crippen LogP contribution >= 0.6 is 0 Å². The molecule has 7 heteroatoms. The van der Waals surface area contributed by atoms with E-state index < -0.39 is 5.97 Å². The molecule has 0 unspecified atom stereocenters. The third-order valence-electron chi connectivity index (χ3n) is 5.94. The average Bonchev–Trinajstić information content (AvgIpc) is 2.81. The number of carbonyl (C=O) groups is 1. The molecule has 0 aromatic heterocycles. The zero-order valence-electron chi connectivity index (χ0n) is 20.5. The lowest BCUT2D eigenvalue weighted by Crippen LogP contribution is -2.18. The summed E-state index contributed by atoms with van der Waals surface area (Å²) >= 11 is 0. The SMILES string of the molecule is COc1c(O)c(CCCCCCCCCCO)c(C)c(OC(=O)C2=CN(C)C=CC2)c1OC. The van der Waals surface area contributed by atoms with Gasteiger partial charge in [-0.3, -0.25) is 0 Å². The maximum absolute atomic E-state index is 12.8. The van der Waals surface area contributed by atoms with Crippen molar-refractivity contribution in [3.8, 4) is 23.0 Å². The molecule has 0 fully saturated rings. The number of hydrogen-bond acceptors (Lipinski definition) is 7. The number of rotatable bonds is 14. The molecule has 1 aliphatic heterocycles. The van der Waals surface area contributed by atoms with Crippen molar-refractivity contribution in [3.63, 3.8) is 0 Å². The summed E-state index contributed by atoms with van der Waals surface area (Å²) < 4.78 is 16.7. The number of allylic oxidation sites excluding steroid dienone is 1. The Kier molecular flexibility index (Phi) is 11.1. The molecule has 1 aromatic carbocycles. The van der Waals surface area contributed by atoms with Gasteiger partial charge < -0.3 is 29.3 Å². The molecule has 0 radical (unpaired) electrons. The number of nitrogens with zero attached hydrogens (tertiary/aromatic N) is 1. The Morgan fingerprint density at radius 2 is 1.58 bits per heavy atom. The highest BCUT2D eigenvalue weighted by Gasteiger charge is 2.27. The van der Waals surface area contributed by atoms with Crippen LogP contribution in [0.4, 0.5) is 0 Å². The molecule has 7 nitrogen and oxygen atoms in total. The molecule has 0 amide bonds. The number of aliphatic hydroxyl groups is 1. The van der Waals surface area contributed by atoms with Crippen LogP contribution in [0.25, 0.3) is 0 Å². The summed E-state index contributed by atoms with van der Waals surface area (Å²) in [6.07, 6.45) is 15.2. The van der Waals surface area contributed by atoms with Crippen molar-refractivity contribution in [3.05, 3.63) is 35.2 Å². The average molecular weight is 462 g/mol. The number of aliphatic hydroxyl groups excluding tert-OH is 1. The number of ether oxygens (including phenoxy) is 3. The third-order valence-corrected chi connectivity index (χ3v) is 5.94. The van der Waals surface area contributed by atoms with Crippen molar-refractivity contribution < 1.29 is 29.2 Å². The minimum atomic E-state index is -0.451. The first-order valence-corrected chi connectivity index (χ1v) is 11.8. The molecule has 0 aliphatic carbocycles. The molecular formula is C26H39NO6. The van der Waals surface area contributed by atoms with Gasteiger partial charge in [0.05, 0.1) is 19.8 Å².